The average Bonchev–Trinajstić information content (AvgIpc) is 2.67. The van der Waals surface area contributed by atoms with Crippen molar-refractivity contribution in [2.45, 2.75) is 79.6 Å². The zero-order valence-corrected chi connectivity index (χ0v) is 18.7. The summed E-state index contributed by atoms with van der Waals surface area (Å²) in [5, 5.41) is 0. The molecule has 0 spiro atoms. The normalized spacial score (nSPS) is 17.0. The van der Waals surface area contributed by atoms with Crippen molar-refractivity contribution in [1.29, 1.82) is 0 Å². The number of allylic oxidation sites excluding steroid dienone is 2. The largest absolute Gasteiger partial charge is 0.430 e. The van der Waals surface area contributed by atoms with Crippen LogP contribution in [0.25, 0.3) is 5.57 Å². The lowest BCUT2D eigenvalue weighted by atomic mass is 9.79. The monoisotopic (exact) mass is 400 g/mol. The molecule has 1 aliphatic rings. The van der Waals surface area contributed by atoms with Gasteiger partial charge in [0, 0.05) is 33.0 Å². The highest BCUT2D eigenvalue weighted by Crippen LogP contribution is 2.38. The fraction of sp³-hybridized carbons (Fsp3) is 0.600. The van der Waals surface area contributed by atoms with Crippen molar-refractivity contribution in [2.24, 2.45) is 5.92 Å². The number of Topliss-reactive ketones (excluding diaryl/α,β-unsaturated/α-hetero) is 1. The third-order valence-electron chi connectivity index (χ3n) is 5.54. The molecule has 1 aliphatic carbocycles. The van der Waals surface area contributed by atoms with Gasteiger partial charge in [-0.15, -0.1) is 0 Å². The molecule has 1 atom stereocenters. The van der Waals surface area contributed by atoms with E-state index in [1.54, 1.807) is 0 Å². The minimum absolute atomic E-state index is 0.0827. The number of unbranched alkanes of at least 4 members (excludes halogenated alkanes) is 1. The van der Waals surface area contributed by atoms with E-state index in [4.69, 9.17) is 9.47 Å². The lowest BCUT2D eigenvalue weighted by Gasteiger charge is -2.28. The molecule has 0 aliphatic heterocycles. The summed E-state index contributed by atoms with van der Waals surface area (Å²) in [6, 6.07) is 4.29. The summed E-state index contributed by atoms with van der Waals surface area (Å²) in [7, 11) is 0. The van der Waals surface area contributed by atoms with E-state index in [1.807, 2.05) is 0 Å². The molecule has 1 aromatic carbocycles. The highest BCUT2D eigenvalue weighted by atomic mass is 16.5. The van der Waals surface area contributed by atoms with Gasteiger partial charge in [-0.25, -0.2) is 0 Å². The summed E-state index contributed by atoms with van der Waals surface area (Å²) >= 11 is 0. The standard InChI is InChI=1S/C25H36O4/c1-6-9-11-28-12-10-19-15-22(27)25(23(16-19)29-18(5)26)24-20(7-2)13-17(4)14-21(24)8-3/h13-14,19H,6-12,15-16H2,1-5H3. The van der Waals surface area contributed by atoms with Crippen molar-refractivity contribution in [3.63, 3.8) is 0 Å². The molecule has 0 saturated carbocycles. The Bertz CT molecular complexity index is 735. The molecule has 1 aromatic rings. The molecule has 4 heteroatoms. The van der Waals surface area contributed by atoms with E-state index in [0.717, 1.165) is 55.4 Å². The second-order valence-corrected chi connectivity index (χ2v) is 8.01. The van der Waals surface area contributed by atoms with E-state index >= 15 is 0 Å². The molecular weight excluding hydrogens is 364 g/mol. The Balaban J connectivity index is 2.37. The van der Waals surface area contributed by atoms with Crippen LogP contribution in [0.4, 0.5) is 0 Å². The molecule has 160 valence electrons. The Morgan fingerprint density at radius 3 is 2.28 bits per heavy atom. The number of hydrogen-bond acceptors (Lipinski definition) is 4. The van der Waals surface area contributed by atoms with Crippen LogP contribution in [0, 0.1) is 12.8 Å². The third-order valence-corrected chi connectivity index (χ3v) is 5.54. The number of carbonyl (C=O) groups is 2. The lowest BCUT2D eigenvalue weighted by Crippen LogP contribution is -2.23. The second-order valence-electron chi connectivity index (χ2n) is 8.01. The molecule has 0 radical (unpaired) electrons. The first-order valence-corrected chi connectivity index (χ1v) is 11.1. The van der Waals surface area contributed by atoms with Crippen LogP contribution in [0.15, 0.2) is 17.9 Å². The van der Waals surface area contributed by atoms with Gasteiger partial charge in [-0.05, 0) is 55.2 Å². The summed E-state index contributed by atoms with van der Waals surface area (Å²) in [6.45, 7) is 11.2. The van der Waals surface area contributed by atoms with E-state index in [9.17, 15) is 9.59 Å². The number of hydrogen-bond donors (Lipinski definition) is 0. The molecule has 0 N–H and O–H groups in total. The first kappa shape index (κ1) is 23.3. The molecule has 0 amide bonds. The van der Waals surface area contributed by atoms with Crippen LogP contribution in [-0.2, 0) is 31.9 Å². The third kappa shape index (κ3) is 6.27. The Morgan fingerprint density at radius 2 is 1.72 bits per heavy atom. The second kappa shape index (κ2) is 11.3. The van der Waals surface area contributed by atoms with Crippen LogP contribution in [0.3, 0.4) is 0 Å². The Kier molecular flexibility index (Phi) is 9.09. The highest BCUT2D eigenvalue weighted by molar-refractivity contribution is 6.23. The molecule has 0 fully saturated rings. The fourth-order valence-corrected chi connectivity index (χ4v) is 4.12. The van der Waals surface area contributed by atoms with Crippen molar-refractivity contribution >= 4 is 17.3 Å². The molecule has 0 bridgehead atoms. The summed E-state index contributed by atoms with van der Waals surface area (Å²) in [5.74, 6) is 0.413. The number of carbonyl (C=O) groups excluding carboxylic acids is 2. The van der Waals surface area contributed by atoms with Gasteiger partial charge in [-0.3, -0.25) is 9.59 Å². The average molecular weight is 401 g/mol. The first-order valence-electron chi connectivity index (χ1n) is 11.1. The van der Waals surface area contributed by atoms with E-state index in [1.165, 1.54) is 12.5 Å². The van der Waals surface area contributed by atoms with Crippen LogP contribution in [0.2, 0.25) is 0 Å². The zero-order valence-electron chi connectivity index (χ0n) is 18.7. The van der Waals surface area contributed by atoms with Crippen LogP contribution in [0.1, 0.15) is 82.1 Å². The molecular formula is C25H36O4. The maximum atomic E-state index is 13.3. The number of benzene rings is 1. The molecule has 1 unspecified atom stereocenters. The SMILES string of the molecule is CCCCOCCC1CC(=O)C(c2c(CC)cc(C)cc2CC)=C(OC(C)=O)C1. The molecule has 0 heterocycles. The quantitative estimate of drug-likeness (QED) is 0.380. The van der Waals surface area contributed by atoms with Crippen LogP contribution in [0.5, 0.6) is 0 Å². The van der Waals surface area contributed by atoms with E-state index in [-0.39, 0.29) is 17.7 Å². The summed E-state index contributed by atoms with van der Waals surface area (Å²) in [4.78, 5) is 25.1. The zero-order chi connectivity index (χ0) is 21.4. The highest BCUT2D eigenvalue weighted by Gasteiger charge is 2.32. The van der Waals surface area contributed by atoms with Crippen LogP contribution >= 0.6 is 0 Å². The van der Waals surface area contributed by atoms with Gasteiger partial charge in [-0.2, -0.15) is 0 Å². The number of rotatable bonds is 10. The van der Waals surface area contributed by atoms with E-state index in [2.05, 4.69) is 39.8 Å². The van der Waals surface area contributed by atoms with Crippen LogP contribution < -0.4 is 0 Å². The maximum absolute atomic E-state index is 13.3. The van der Waals surface area contributed by atoms with Crippen molar-refractivity contribution in [2.75, 3.05) is 13.2 Å². The van der Waals surface area contributed by atoms with Crippen molar-refractivity contribution in [1.82, 2.24) is 0 Å². The molecule has 29 heavy (non-hydrogen) atoms. The summed E-state index contributed by atoms with van der Waals surface area (Å²) in [6.07, 6.45) is 5.74. The molecule has 0 saturated heterocycles. The minimum Gasteiger partial charge on any atom is -0.430 e. The van der Waals surface area contributed by atoms with Crippen LogP contribution in [-0.4, -0.2) is 25.0 Å². The summed E-state index contributed by atoms with van der Waals surface area (Å²) in [5.41, 5.74) is 5.10. The van der Waals surface area contributed by atoms with E-state index in [0.29, 0.717) is 30.8 Å². The van der Waals surface area contributed by atoms with E-state index < -0.39 is 0 Å². The van der Waals surface area contributed by atoms with Gasteiger partial charge in [0.15, 0.2) is 5.78 Å². The van der Waals surface area contributed by atoms with Crippen molar-refractivity contribution in [3.05, 3.63) is 40.1 Å². The predicted octanol–water partition coefficient (Wildman–Crippen LogP) is 5.58. The minimum atomic E-state index is -0.367. The van der Waals surface area contributed by atoms with Gasteiger partial charge in [0.25, 0.3) is 0 Å². The Hall–Kier alpha value is -1.94. The number of esters is 1. The molecule has 0 aromatic heterocycles. The fourth-order valence-electron chi connectivity index (χ4n) is 4.12. The Morgan fingerprint density at radius 1 is 1.07 bits per heavy atom. The first-order chi connectivity index (χ1) is 13.9. The van der Waals surface area contributed by atoms with Gasteiger partial charge >= 0.3 is 5.97 Å². The lowest BCUT2D eigenvalue weighted by molar-refractivity contribution is -0.137. The molecule has 4 nitrogen and oxygen atoms in total. The van der Waals surface area contributed by atoms with Crippen molar-refractivity contribution in [3.8, 4) is 0 Å². The predicted molar refractivity (Wildman–Crippen MR) is 117 cm³/mol. The van der Waals surface area contributed by atoms with Gasteiger partial charge in [0.05, 0.1) is 5.57 Å². The number of aryl methyl sites for hydroxylation is 3. The number of ether oxygens (including phenoxy) is 2. The van der Waals surface area contributed by atoms with Gasteiger partial charge in [0.1, 0.15) is 5.76 Å². The van der Waals surface area contributed by atoms with Gasteiger partial charge in [-0.1, -0.05) is 44.9 Å². The van der Waals surface area contributed by atoms with Gasteiger partial charge < -0.3 is 9.47 Å². The maximum Gasteiger partial charge on any atom is 0.307 e. The Labute approximate surface area is 175 Å². The van der Waals surface area contributed by atoms with Crippen molar-refractivity contribution < 1.29 is 19.1 Å². The summed E-state index contributed by atoms with van der Waals surface area (Å²) < 4.78 is 11.3. The topological polar surface area (TPSA) is 52.6 Å². The smallest absolute Gasteiger partial charge is 0.307 e. The number of ketones is 1. The molecule has 2 rings (SSSR count). The van der Waals surface area contributed by atoms with Gasteiger partial charge in [0.2, 0.25) is 0 Å².